The summed E-state index contributed by atoms with van der Waals surface area (Å²) in [6, 6.07) is 12.1. The lowest BCUT2D eigenvalue weighted by atomic mass is 10.2. The van der Waals surface area contributed by atoms with E-state index in [1.54, 1.807) is 19.2 Å². The number of aliphatic imine (C=N–C) groups is 1. The number of ether oxygens (including phenoxy) is 1. The number of imidazole rings is 1. The van der Waals surface area contributed by atoms with Gasteiger partial charge in [-0.05, 0) is 30.7 Å². The number of benzene rings is 1. The van der Waals surface area contributed by atoms with Gasteiger partial charge < -0.3 is 19.8 Å². The predicted molar refractivity (Wildman–Crippen MR) is 125 cm³/mol. The van der Waals surface area contributed by atoms with Crippen molar-refractivity contribution in [1.29, 1.82) is 0 Å². The predicted octanol–water partition coefficient (Wildman–Crippen LogP) is 3.66. The van der Waals surface area contributed by atoms with Gasteiger partial charge in [-0.2, -0.15) is 0 Å². The van der Waals surface area contributed by atoms with Crippen LogP contribution < -0.4 is 15.4 Å². The van der Waals surface area contributed by atoms with Crippen molar-refractivity contribution in [2.24, 2.45) is 4.99 Å². The number of halogens is 2. The van der Waals surface area contributed by atoms with E-state index in [0.29, 0.717) is 24.8 Å². The Bertz CT molecular complexity index is 897. The standard InChI is InChI=1S/C21H26FN5O.HI/c1-3-18(28-19-8-6-7-16(22)13-19)14-25-21(23-2)24-11-10-17-15-27-12-5-4-9-20(27)26-17;/h4-9,12-13,15,18H,3,10-11,14H2,1-2H3,(H2,23,24,25);1H. The average molecular weight is 511 g/mol. The zero-order valence-corrected chi connectivity index (χ0v) is 19.0. The van der Waals surface area contributed by atoms with Gasteiger partial charge in [-0.25, -0.2) is 9.37 Å². The first-order valence-corrected chi connectivity index (χ1v) is 9.47. The van der Waals surface area contributed by atoms with Crippen molar-refractivity contribution < 1.29 is 9.13 Å². The summed E-state index contributed by atoms with van der Waals surface area (Å²) in [5.74, 6) is 0.929. The summed E-state index contributed by atoms with van der Waals surface area (Å²) in [6.07, 6.45) is 5.52. The number of guanidine groups is 1. The largest absolute Gasteiger partial charge is 0.489 e. The molecule has 0 aliphatic carbocycles. The van der Waals surface area contributed by atoms with Crippen molar-refractivity contribution in [3.05, 3.63) is 66.4 Å². The van der Waals surface area contributed by atoms with Gasteiger partial charge in [0.1, 0.15) is 23.3 Å². The number of pyridine rings is 1. The third-order valence-corrected chi connectivity index (χ3v) is 4.36. The van der Waals surface area contributed by atoms with Gasteiger partial charge in [0.05, 0.1) is 12.2 Å². The molecule has 0 aliphatic rings. The molecule has 2 N–H and O–H groups in total. The van der Waals surface area contributed by atoms with Crippen LogP contribution >= 0.6 is 24.0 Å². The Morgan fingerprint density at radius 2 is 2.10 bits per heavy atom. The monoisotopic (exact) mass is 511 g/mol. The molecule has 0 saturated carbocycles. The number of nitrogens with one attached hydrogen (secondary N) is 2. The second kappa shape index (κ2) is 11.6. The molecule has 0 bridgehead atoms. The van der Waals surface area contributed by atoms with Crippen molar-refractivity contribution in [3.8, 4) is 5.75 Å². The van der Waals surface area contributed by atoms with E-state index in [-0.39, 0.29) is 35.9 Å². The van der Waals surface area contributed by atoms with Gasteiger partial charge in [-0.3, -0.25) is 4.99 Å². The SMILES string of the molecule is CCC(CNC(=NC)NCCc1cn2ccccc2n1)Oc1cccc(F)c1.I. The summed E-state index contributed by atoms with van der Waals surface area (Å²) in [4.78, 5) is 8.83. The van der Waals surface area contributed by atoms with Gasteiger partial charge in [-0.1, -0.05) is 19.1 Å². The van der Waals surface area contributed by atoms with Crippen LogP contribution in [0, 0.1) is 5.82 Å². The van der Waals surface area contributed by atoms with Crippen LogP contribution in [0.1, 0.15) is 19.0 Å². The molecule has 0 amide bonds. The van der Waals surface area contributed by atoms with E-state index in [1.807, 2.05) is 41.9 Å². The fraction of sp³-hybridized carbons (Fsp3) is 0.333. The molecule has 0 fully saturated rings. The molecule has 6 nitrogen and oxygen atoms in total. The molecule has 156 valence electrons. The molecule has 1 aromatic carbocycles. The minimum Gasteiger partial charge on any atom is -0.489 e. The number of hydrogen-bond acceptors (Lipinski definition) is 3. The lowest BCUT2D eigenvalue weighted by Gasteiger charge is -2.20. The van der Waals surface area contributed by atoms with Gasteiger partial charge in [0.2, 0.25) is 0 Å². The summed E-state index contributed by atoms with van der Waals surface area (Å²) in [5.41, 5.74) is 1.97. The van der Waals surface area contributed by atoms with E-state index in [4.69, 9.17) is 4.74 Å². The Morgan fingerprint density at radius 1 is 1.24 bits per heavy atom. The molecule has 2 heterocycles. The number of fused-ring (bicyclic) bond motifs is 1. The fourth-order valence-corrected chi connectivity index (χ4v) is 2.85. The highest BCUT2D eigenvalue weighted by molar-refractivity contribution is 14.0. The minimum atomic E-state index is -0.301. The van der Waals surface area contributed by atoms with Crippen molar-refractivity contribution in [2.75, 3.05) is 20.1 Å². The summed E-state index contributed by atoms with van der Waals surface area (Å²) in [5, 5.41) is 6.55. The summed E-state index contributed by atoms with van der Waals surface area (Å²) < 4.78 is 21.2. The first-order chi connectivity index (χ1) is 13.7. The maximum absolute atomic E-state index is 13.3. The first-order valence-electron chi connectivity index (χ1n) is 9.47. The van der Waals surface area contributed by atoms with E-state index >= 15 is 0 Å². The van der Waals surface area contributed by atoms with E-state index in [0.717, 1.165) is 24.2 Å². The second-order valence-corrected chi connectivity index (χ2v) is 6.43. The summed E-state index contributed by atoms with van der Waals surface area (Å²) in [6.45, 7) is 3.32. The Hall–Kier alpha value is -2.36. The van der Waals surface area contributed by atoms with Crippen molar-refractivity contribution in [2.45, 2.75) is 25.9 Å². The topological polar surface area (TPSA) is 63.0 Å². The summed E-state index contributed by atoms with van der Waals surface area (Å²) >= 11 is 0. The van der Waals surface area contributed by atoms with Gasteiger partial charge >= 0.3 is 0 Å². The van der Waals surface area contributed by atoms with Crippen molar-refractivity contribution >= 4 is 35.6 Å². The molecule has 0 radical (unpaired) electrons. The number of hydrogen-bond donors (Lipinski definition) is 2. The zero-order chi connectivity index (χ0) is 19.8. The molecule has 8 heteroatoms. The lowest BCUT2D eigenvalue weighted by Crippen LogP contribution is -2.43. The Balaban J connectivity index is 0.00000300. The van der Waals surface area contributed by atoms with Crippen molar-refractivity contribution in [1.82, 2.24) is 20.0 Å². The van der Waals surface area contributed by atoms with Crippen LogP contribution in [-0.4, -0.2) is 41.6 Å². The van der Waals surface area contributed by atoms with Gasteiger partial charge in [0.25, 0.3) is 0 Å². The second-order valence-electron chi connectivity index (χ2n) is 6.43. The molecule has 3 aromatic rings. The highest BCUT2D eigenvalue weighted by Gasteiger charge is 2.10. The highest BCUT2D eigenvalue weighted by Crippen LogP contribution is 2.14. The highest BCUT2D eigenvalue weighted by atomic mass is 127. The normalized spacial score (nSPS) is 12.3. The molecular formula is C21H27FIN5O. The minimum absolute atomic E-state index is 0. The Kier molecular flexibility index (Phi) is 9.17. The third kappa shape index (κ3) is 6.88. The molecule has 1 atom stereocenters. The third-order valence-electron chi connectivity index (χ3n) is 4.36. The van der Waals surface area contributed by atoms with E-state index in [1.165, 1.54) is 12.1 Å². The smallest absolute Gasteiger partial charge is 0.191 e. The van der Waals surface area contributed by atoms with Gasteiger partial charge in [0.15, 0.2) is 5.96 Å². The molecule has 0 spiro atoms. The molecular weight excluding hydrogens is 484 g/mol. The summed E-state index contributed by atoms with van der Waals surface area (Å²) in [7, 11) is 1.73. The molecule has 29 heavy (non-hydrogen) atoms. The van der Waals surface area contributed by atoms with Crippen LogP contribution in [0.3, 0.4) is 0 Å². The van der Waals surface area contributed by atoms with E-state index in [9.17, 15) is 4.39 Å². The maximum Gasteiger partial charge on any atom is 0.191 e. The molecule has 2 aromatic heterocycles. The fourth-order valence-electron chi connectivity index (χ4n) is 2.85. The Morgan fingerprint density at radius 3 is 2.83 bits per heavy atom. The number of aromatic nitrogens is 2. The average Bonchev–Trinajstić information content (AvgIpc) is 3.12. The molecule has 0 aliphatic heterocycles. The van der Waals surface area contributed by atoms with E-state index < -0.39 is 0 Å². The molecule has 1 unspecified atom stereocenters. The van der Waals surface area contributed by atoms with Gasteiger partial charge in [-0.15, -0.1) is 24.0 Å². The van der Waals surface area contributed by atoms with Crippen LogP contribution in [0.5, 0.6) is 5.75 Å². The molecule has 3 rings (SSSR count). The van der Waals surface area contributed by atoms with Gasteiger partial charge in [0, 0.05) is 38.5 Å². The van der Waals surface area contributed by atoms with Crippen LogP contribution in [-0.2, 0) is 6.42 Å². The maximum atomic E-state index is 13.3. The number of rotatable bonds is 8. The van der Waals surface area contributed by atoms with E-state index in [2.05, 4.69) is 20.6 Å². The quantitative estimate of drug-likeness (QED) is 0.276. The number of nitrogens with zero attached hydrogens (tertiary/aromatic N) is 3. The zero-order valence-electron chi connectivity index (χ0n) is 16.6. The molecule has 0 saturated heterocycles. The van der Waals surface area contributed by atoms with Crippen LogP contribution in [0.25, 0.3) is 5.65 Å². The lowest BCUT2D eigenvalue weighted by molar-refractivity contribution is 0.199. The van der Waals surface area contributed by atoms with Crippen molar-refractivity contribution in [3.63, 3.8) is 0 Å². The first kappa shape index (κ1) is 22.9. The van der Waals surface area contributed by atoms with Crippen LogP contribution in [0.15, 0.2) is 59.9 Å². The Labute approximate surface area is 187 Å². The van der Waals surface area contributed by atoms with Crippen LogP contribution in [0.4, 0.5) is 4.39 Å². The van der Waals surface area contributed by atoms with Crippen LogP contribution in [0.2, 0.25) is 0 Å².